The van der Waals surface area contributed by atoms with Crippen molar-refractivity contribution in [2.75, 3.05) is 0 Å². The summed E-state index contributed by atoms with van der Waals surface area (Å²) in [5.74, 6) is 0.522. The van der Waals surface area contributed by atoms with E-state index in [2.05, 4.69) is 0 Å². The maximum absolute atomic E-state index is 8.52. The third kappa shape index (κ3) is 1.41. The van der Waals surface area contributed by atoms with Gasteiger partial charge in [0.1, 0.15) is 11.4 Å². The smallest absolute Gasteiger partial charge is 0.139 e. The molecule has 3 nitrogen and oxygen atoms in total. The largest absolute Gasteiger partial charge is 0.481 e. The molecule has 0 N–H and O–H groups in total. The lowest BCUT2D eigenvalue weighted by Gasteiger charge is -2.43. The van der Waals surface area contributed by atoms with Gasteiger partial charge in [0.2, 0.25) is 0 Å². The van der Waals surface area contributed by atoms with Crippen LogP contribution < -0.4 is 0 Å². The number of hydrogen-bond donors (Lipinski definition) is 0. The van der Waals surface area contributed by atoms with E-state index in [1.807, 2.05) is 26.0 Å². The van der Waals surface area contributed by atoms with Gasteiger partial charge >= 0.3 is 0 Å². The van der Waals surface area contributed by atoms with Crippen LogP contribution in [0.15, 0.2) is 23.5 Å². The first-order valence-electron chi connectivity index (χ1n) is 4.07. The molecule has 0 aliphatic carbocycles. The minimum absolute atomic E-state index is 0.377. The van der Waals surface area contributed by atoms with E-state index in [0.29, 0.717) is 5.76 Å². The second-order valence-electron chi connectivity index (χ2n) is 3.01. The minimum Gasteiger partial charge on any atom is -0.481 e. The lowest BCUT2D eigenvalue weighted by atomic mass is 9.85. The first-order chi connectivity index (χ1) is 6.18. The summed E-state index contributed by atoms with van der Waals surface area (Å²) in [5.41, 5.74) is 0.442. The molecule has 0 aromatic rings. The molecule has 0 aromatic carbocycles. The van der Waals surface area contributed by atoms with E-state index in [1.54, 1.807) is 0 Å². The summed E-state index contributed by atoms with van der Waals surface area (Å²) in [7, 11) is 0. The molecule has 1 aliphatic rings. The average Bonchev–Trinajstić information content (AvgIpc) is 2.13. The van der Waals surface area contributed by atoms with Gasteiger partial charge in [-0.3, -0.25) is 0 Å². The molecule has 1 atom stereocenters. The number of nitriles is 2. The van der Waals surface area contributed by atoms with Crippen LogP contribution in [0.3, 0.4) is 0 Å². The SMILES string of the molecule is CCC1(C)OC(=C\C#N)/C1=C/C#N. The first kappa shape index (κ1) is 9.35. The van der Waals surface area contributed by atoms with Crippen molar-refractivity contribution in [2.24, 2.45) is 0 Å². The van der Waals surface area contributed by atoms with E-state index in [1.165, 1.54) is 12.2 Å². The summed E-state index contributed by atoms with van der Waals surface area (Å²) in [6.07, 6.45) is 3.56. The monoisotopic (exact) mass is 174 g/mol. The fourth-order valence-corrected chi connectivity index (χ4v) is 1.28. The summed E-state index contributed by atoms with van der Waals surface area (Å²) < 4.78 is 5.40. The van der Waals surface area contributed by atoms with Gasteiger partial charge < -0.3 is 4.74 Å². The van der Waals surface area contributed by atoms with Crippen molar-refractivity contribution in [3.63, 3.8) is 0 Å². The first-order valence-corrected chi connectivity index (χ1v) is 4.07. The van der Waals surface area contributed by atoms with Gasteiger partial charge in [-0.2, -0.15) is 10.5 Å². The van der Waals surface area contributed by atoms with Gasteiger partial charge in [-0.15, -0.1) is 0 Å². The highest BCUT2D eigenvalue weighted by atomic mass is 16.5. The Kier molecular flexibility index (Phi) is 2.39. The summed E-state index contributed by atoms with van der Waals surface area (Å²) in [5, 5.41) is 16.9. The lowest BCUT2D eigenvalue weighted by molar-refractivity contribution is -0.0132. The maximum atomic E-state index is 8.52. The van der Waals surface area contributed by atoms with E-state index < -0.39 is 0 Å². The van der Waals surface area contributed by atoms with Crippen LogP contribution in [0, 0.1) is 22.7 Å². The molecule has 3 heteroatoms. The van der Waals surface area contributed by atoms with Gasteiger partial charge in [0.25, 0.3) is 0 Å². The van der Waals surface area contributed by atoms with Gasteiger partial charge in [-0.1, -0.05) is 6.92 Å². The van der Waals surface area contributed by atoms with Crippen LogP contribution in [0.4, 0.5) is 0 Å². The van der Waals surface area contributed by atoms with E-state index in [4.69, 9.17) is 15.3 Å². The van der Waals surface area contributed by atoms with Crippen LogP contribution >= 0.6 is 0 Å². The zero-order valence-electron chi connectivity index (χ0n) is 7.66. The van der Waals surface area contributed by atoms with Crippen molar-refractivity contribution in [1.82, 2.24) is 0 Å². The Hall–Kier alpha value is -1.74. The molecule has 0 amide bonds. The summed E-state index contributed by atoms with van der Waals surface area (Å²) in [6.45, 7) is 3.89. The molecule has 1 aliphatic heterocycles. The highest BCUT2D eigenvalue weighted by molar-refractivity contribution is 5.46. The second-order valence-corrected chi connectivity index (χ2v) is 3.01. The molecule has 0 radical (unpaired) electrons. The Labute approximate surface area is 77.5 Å². The van der Waals surface area contributed by atoms with Crippen LogP contribution in [-0.2, 0) is 4.74 Å². The maximum Gasteiger partial charge on any atom is 0.139 e. The van der Waals surface area contributed by atoms with E-state index >= 15 is 0 Å². The summed E-state index contributed by atoms with van der Waals surface area (Å²) in [4.78, 5) is 0. The molecule has 1 unspecified atom stereocenters. The zero-order chi connectivity index (χ0) is 9.90. The molecule has 1 saturated heterocycles. The predicted octanol–water partition coefficient (Wildman–Crippen LogP) is 2.04. The van der Waals surface area contributed by atoms with E-state index in [9.17, 15) is 0 Å². The van der Waals surface area contributed by atoms with Crippen LogP contribution in [0.5, 0.6) is 0 Å². The molecule has 66 valence electrons. The third-order valence-electron chi connectivity index (χ3n) is 2.25. The molecular weight excluding hydrogens is 164 g/mol. The molecule has 1 rings (SSSR count). The Morgan fingerprint density at radius 2 is 2.00 bits per heavy atom. The fourth-order valence-electron chi connectivity index (χ4n) is 1.28. The van der Waals surface area contributed by atoms with Crippen molar-refractivity contribution in [3.05, 3.63) is 23.5 Å². The van der Waals surface area contributed by atoms with Gasteiger partial charge in [-0.05, 0) is 13.3 Å². The second kappa shape index (κ2) is 3.33. The zero-order valence-corrected chi connectivity index (χ0v) is 7.66. The van der Waals surface area contributed by atoms with Crippen molar-refractivity contribution in [1.29, 1.82) is 10.5 Å². The fraction of sp³-hybridized carbons (Fsp3) is 0.400. The Bertz CT molecular complexity index is 354. The van der Waals surface area contributed by atoms with Crippen molar-refractivity contribution >= 4 is 0 Å². The number of allylic oxidation sites excluding steroid dienone is 2. The molecule has 0 spiro atoms. The lowest BCUT2D eigenvalue weighted by Crippen LogP contribution is -2.41. The Morgan fingerprint density at radius 3 is 2.46 bits per heavy atom. The van der Waals surface area contributed by atoms with E-state index in [0.717, 1.165) is 12.0 Å². The molecule has 0 bridgehead atoms. The van der Waals surface area contributed by atoms with Crippen LogP contribution in [0.2, 0.25) is 0 Å². The van der Waals surface area contributed by atoms with Gasteiger partial charge in [0.15, 0.2) is 0 Å². The molecule has 0 aromatic heterocycles. The van der Waals surface area contributed by atoms with Crippen LogP contribution in [0.25, 0.3) is 0 Å². The number of ether oxygens (including phenoxy) is 1. The number of nitrogens with zero attached hydrogens (tertiary/aromatic N) is 2. The van der Waals surface area contributed by atoms with Gasteiger partial charge in [0, 0.05) is 11.6 Å². The summed E-state index contributed by atoms with van der Waals surface area (Å²) >= 11 is 0. The minimum atomic E-state index is -0.377. The van der Waals surface area contributed by atoms with E-state index in [-0.39, 0.29) is 5.60 Å². The van der Waals surface area contributed by atoms with Crippen molar-refractivity contribution in [2.45, 2.75) is 25.9 Å². The van der Waals surface area contributed by atoms with Gasteiger partial charge in [0.05, 0.1) is 18.2 Å². The molecule has 1 heterocycles. The standard InChI is InChI=1S/C10H10N2O/c1-3-10(2)8(4-6-11)9(13-10)5-7-12/h4-5H,3H2,1-2H3/b8-4-,9-5-. The van der Waals surface area contributed by atoms with Crippen LogP contribution in [0.1, 0.15) is 20.3 Å². The summed E-state index contributed by atoms with van der Waals surface area (Å²) in [6, 6.07) is 3.84. The average molecular weight is 174 g/mol. The third-order valence-corrected chi connectivity index (χ3v) is 2.25. The highest BCUT2D eigenvalue weighted by Crippen LogP contribution is 2.43. The molecule has 13 heavy (non-hydrogen) atoms. The topological polar surface area (TPSA) is 56.8 Å². The number of rotatable bonds is 1. The number of hydrogen-bond acceptors (Lipinski definition) is 3. The Morgan fingerprint density at radius 1 is 1.38 bits per heavy atom. The molecular formula is C10H10N2O. The Balaban J connectivity index is 2.97. The quantitative estimate of drug-likeness (QED) is 0.571. The van der Waals surface area contributed by atoms with Crippen molar-refractivity contribution in [3.8, 4) is 12.1 Å². The van der Waals surface area contributed by atoms with Crippen molar-refractivity contribution < 1.29 is 4.74 Å². The molecule has 1 fully saturated rings. The van der Waals surface area contributed by atoms with Crippen LogP contribution in [-0.4, -0.2) is 5.60 Å². The predicted molar refractivity (Wildman–Crippen MR) is 47.2 cm³/mol. The normalized spacial score (nSPS) is 31.7. The van der Waals surface area contributed by atoms with Gasteiger partial charge in [-0.25, -0.2) is 0 Å². The molecule has 0 saturated carbocycles. The highest BCUT2D eigenvalue weighted by Gasteiger charge is 2.42.